The minimum absolute atomic E-state index is 0.176. The number of hydrogen-bond acceptors (Lipinski definition) is 0. The molecule has 4 unspecified atom stereocenters. The largest absolute Gasteiger partial charge is 0.250 e. The van der Waals surface area contributed by atoms with Crippen LogP contribution in [0.15, 0.2) is 0 Å². The third-order valence-electron chi connectivity index (χ3n) is 0.380. The smallest absolute Gasteiger partial charge is 0.0996 e. The van der Waals surface area contributed by atoms with Crippen LogP contribution in [0.2, 0.25) is 0 Å². The first-order valence-electron chi connectivity index (χ1n) is 1.59. The molecule has 0 fully saturated rings. The summed E-state index contributed by atoms with van der Waals surface area (Å²) in [6.45, 7) is -0.216. The summed E-state index contributed by atoms with van der Waals surface area (Å²) in [5.74, 6) is 0. The van der Waals surface area contributed by atoms with Crippen LogP contribution in [-0.2, 0) is 0 Å². The first kappa shape index (κ1) is 7.22. The van der Waals surface area contributed by atoms with Gasteiger partial charge in [0.05, 0.1) is 6.67 Å². The van der Waals surface area contributed by atoms with Gasteiger partial charge in [0.15, 0.2) is 0 Å². The lowest BCUT2D eigenvalue weighted by Gasteiger charge is -1.96. The third-order valence-corrected chi connectivity index (χ3v) is 4.16. The lowest BCUT2D eigenvalue weighted by Crippen LogP contribution is -1.84. The van der Waals surface area contributed by atoms with E-state index >= 15 is 0 Å². The maximum Gasteiger partial charge on any atom is 0.0996 e. The van der Waals surface area contributed by atoms with Gasteiger partial charge in [-0.15, -0.1) is 18.2 Å². The molecule has 4 heteroatoms. The fourth-order valence-corrected chi connectivity index (χ4v) is 0.401. The minimum Gasteiger partial charge on any atom is -0.250 e. The molecule has 38 valence electrons. The van der Waals surface area contributed by atoms with Crippen LogP contribution < -0.4 is 0 Å². The van der Waals surface area contributed by atoms with Crippen LogP contribution in [0.1, 0.15) is 0 Å². The van der Waals surface area contributed by atoms with E-state index < -0.39 is 0 Å². The SMILES string of the molecule is FCC(P)PP. The molecule has 0 saturated carbocycles. The summed E-state index contributed by atoms with van der Waals surface area (Å²) >= 11 is 0. The molecule has 6 heavy (non-hydrogen) atoms. The molecule has 0 bridgehead atoms. The van der Waals surface area contributed by atoms with Gasteiger partial charge < -0.3 is 0 Å². The highest BCUT2D eigenvalue weighted by atomic mass is 32.0. The van der Waals surface area contributed by atoms with Crippen molar-refractivity contribution >= 4 is 26.4 Å². The molecule has 4 atom stereocenters. The molecule has 0 aromatic carbocycles. The molecule has 0 spiro atoms. The molecule has 0 N–H and O–H groups in total. The number of hydrogen-bond donors (Lipinski definition) is 0. The molecule has 0 aliphatic rings. The Morgan fingerprint density at radius 2 is 2.33 bits per heavy atom. The molecular formula is C2H8FP3. The van der Waals surface area contributed by atoms with Gasteiger partial charge in [-0.3, -0.25) is 4.39 Å². The van der Waals surface area contributed by atoms with Crippen molar-refractivity contribution in [2.75, 3.05) is 6.67 Å². The van der Waals surface area contributed by atoms with Gasteiger partial charge >= 0.3 is 0 Å². The summed E-state index contributed by atoms with van der Waals surface area (Å²) < 4.78 is 11.4. The maximum absolute atomic E-state index is 11.4. The first-order valence-corrected chi connectivity index (χ1v) is 5.14. The molecule has 0 aliphatic carbocycles. The second-order valence-corrected chi connectivity index (χ2v) is 4.47. The standard InChI is InChI=1S/C2H8FP3/c3-1-2(4)6-5/h2,6H,1,4-5H2. The molecule has 0 rings (SSSR count). The van der Waals surface area contributed by atoms with E-state index in [0.717, 1.165) is 0 Å². The van der Waals surface area contributed by atoms with E-state index in [-0.39, 0.29) is 12.1 Å². The molecule has 0 saturated heterocycles. The average Bonchev–Trinajstić information content (AvgIpc) is 1.65. The van der Waals surface area contributed by atoms with Gasteiger partial charge in [-0.05, 0) is 0 Å². The predicted octanol–water partition coefficient (Wildman–Crippen LogP) is 1.63. The first-order chi connectivity index (χ1) is 2.81. The van der Waals surface area contributed by atoms with Crippen LogP contribution in [0.25, 0.3) is 0 Å². The highest BCUT2D eigenvalue weighted by molar-refractivity contribution is 8.05. The van der Waals surface area contributed by atoms with Crippen LogP contribution in [0.4, 0.5) is 4.39 Å². The van der Waals surface area contributed by atoms with Crippen molar-refractivity contribution in [2.24, 2.45) is 0 Å². The van der Waals surface area contributed by atoms with Crippen molar-refractivity contribution in [3.63, 3.8) is 0 Å². The summed E-state index contributed by atoms with van der Waals surface area (Å²) in [5, 5.41) is 0.176. The zero-order valence-corrected chi connectivity index (χ0v) is 6.63. The zero-order valence-electron chi connectivity index (χ0n) is 3.32. The number of halogens is 1. The van der Waals surface area contributed by atoms with Gasteiger partial charge in [-0.2, -0.15) is 0 Å². The summed E-state index contributed by atoms with van der Waals surface area (Å²) in [6, 6.07) is 0. The highest BCUT2D eigenvalue weighted by Crippen LogP contribution is 2.31. The van der Waals surface area contributed by atoms with Crippen molar-refractivity contribution in [1.29, 1.82) is 0 Å². The van der Waals surface area contributed by atoms with E-state index in [1.165, 1.54) is 0 Å². The van der Waals surface area contributed by atoms with Crippen LogP contribution in [0.5, 0.6) is 0 Å². The van der Waals surface area contributed by atoms with Gasteiger partial charge in [0.25, 0.3) is 0 Å². The van der Waals surface area contributed by atoms with Gasteiger partial charge in [0.1, 0.15) is 0 Å². The Balaban J connectivity index is 2.75. The lowest BCUT2D eigenvalue weighted by molar-refractivity contribution is 0.521. The number of alkyl halides is 1. The fourth-order valence-electron chi connectivity index (χ4n) is 0.0445. The van der Waals surface area contributed by atoms with Gasteiger partial charge in [0.2, 0.25) is 0 Å². The Hall–Kier alpha value is 1.22. The van der Waals surface area contributed by atoms with Crippen LogP contribution in [-0.4, -0.2) is 12.1 Å². The molecule has 0 heterocycles. The molecular weight excluding hydrogens is 136 g/mol. The molecule has 0 radical (unpaired) electrons. The summed E-state index contributed by atoms with van der Waals surface area (Å²) in [5.41, 5.74) is 0. The lowest BCUT2D eigenvalue weighted by atomic mass is 10.9. The van der Waals surface area contributed by atoms with Crippen molar-refractivity contribution < 1.29 is 4.39 Å². The maximum atomic E-state index is 11.4. The van der Waals surface area contributed by atoms with Crippen molar-refractivity contribution in [3.05, 3.63) is 0 Å². The Labute approximate surface area is 43.7 Å². The molecule has 0 aliphatic heterocycles. The Kier molecular flexibility index (Phi) is 5.27. The van der Waals surface area contributed by atoms with Gasteiger partial charge in [-0.25, -0.2) is 0 Å². The topological polar surface area (TPSA) is 0 Å². The fraction of sp³-hybridized carbons (Fsp3) is 1.00. The zero-order chi connectivity index (χ0) is 4.99. The van der Waals surface area contributed by atoms with E-state index in [1.54, 1.807) is 0 Å². The monoisotopic (exact) mass is 144 g/mol. The van der Waals surface area contributed by atoms with E-state index in [1.807, 2.05) is 0 Å². The van der Waals surface area contributed by atoms with Crippen molar-refractivity contribution in [3.8, 4) is 0 Å². The normalized spacial score (nSPS) is 16.5. The average molecular weight is 144 g/mol. The van der Waals surface area contributed by atoms with E-state index in [0.29, 0.717) is 8.27 Å². The summed E-state index contributed by atoms with van der Waals surface area (Å²) in [4.78, 5) is 0. The van der Waals surface area contributed by atoms with Crippen LogP contribution in [0, 0.1) is 0 Å². The molecule has 0 nitrogen and oxygen atoms in total. The number of rotatable bonds is 2. The Morgan fingerprint density at radius 3 is 2.33 bits per heavy atom. The second-order valence-electron chi connectivity index (χ2n) is 0.927. The highest BCUT2D eigenvalue weighted by Gasteiger charge is 1.92. The molecule has 0 aromatic heterocycles. The minimum atomic E-state index is -0.216. The third kappa shape index (κ3) is 3.41. The van der Waals surface area contributed by atoms with Gasteiger partial charge in [-0.1, -0.05) is 8.27 Å². The predicted molar refractivity (Wildman–Crippen MR) is 37.5 cm³/mol. The van der Waals surface area contributed by atoms with E-state index in [9.17, 15) is 4.39 Å². The Morgan fingerprint density at radius 1 is 1.83 bits per heavy atom. The van der Waals surface area contributed by atoms with Crippen molar-refractivity contribution in [1.82, 2.24) is 0 Å². The van der Waals surface area contributed by atoms with Crippen molar-refractivity contribution in [2.45, 2.75) is 5.40 Å². The van der Waals surface area contributed by atoms with E-state index in [2.05, 4.69) is 18.2 Å². The van der Waals surface area contributed by atoms with Gasteiger partial charge in [0, 0.05) is 5.40 Å². The molecule has 0 amide bonds. The Bertz CT molecular complexity index is 28.0. The second kappa shape index (κ2) is 4.38. The molecule has 0 aromatic rings. The quantitative estimate of drug-likeness (QED) is 0.516. The van der Waals surface area contributed by atoms with Crippen LogP contribution >= 0.6 is 26.4 Å². The van der Waals surface area contributed by atoms with E-state index in [4.69, 9.17) is 0 Å². The summed E-state index contributed by atoms with van der Waals surface area (Å²) in [7, 11) is 5.57. The summed E-state index contributed by atoms with van der Waals surface area (Å²) in [6.07, 6.45) is 0. The van der Waals surface area contributed by atoms with Crippen LogP contribution in [0.3, 0.4) is 0 Å².